The highest BCUT2D eigenvalue weighted by atomic mass is 32.2. The molecule has 0 saturated carbocycles. The van der Waals surface area contributed by atoms with Crippen LogP contribution in [0.4, 0.5) is 0 Å². The van der Waals surface area contributed by atoms with Gasteiger partial charge >= 0.3 is 0 Å². The van der Waals surface area contributed by atoms with Crippen LogP contribution in [0.15, 0.2) is 29.3 Å². The molecule has 2 N–H and O–H groups in total. The van der Waals surface area contributed by atoms with E-state index in [2.05, 4.69) is 21.9 Å². The maximum atomic E-state index is 11.7. The lowest BCUT2D eigenvalue weighted by atomic mass is 10.2. The second-order valence-corrected chi connectivity index (χ2v) is 6.02. The molecular weight excluding hydrogens is 312 g/mol. The van der Waals surface area contributed by atoms with E-state index in [-0.39, 0.29) is 12.5 Å². The molecule has 0 fully saturated rings. The number of aliphatic imine (C=N–C) groups is 1. The summed E-state index contributed by atoms with van der Waals surface area (Å²) in [6.07, 6.45) is 2.05. The van der Waals surface area contributed by atoms with Crippen LogP contribution >= 0.6 is 11.8 Å². The van der Waals surface area contributed by atoms with Crippen molar-refractivity contribution in [3.8, 4) is 5.75 Å². The number of likely N-dealkylation sites (N-methyl/N-ethyl adjacent to an activating group) is 1. The Morgan fingerprint density at radius 3 is 2.70 bits per heavy atom. The van der Waals surface area contributed by atoms with E-state index >= 15 is 0 Å². The highest BCUT2D eigenvalue weighted by Gasteiger charge is 2.06. The highest BCUT2D eigenvalue weighted by Crippen LogP contribution is 2.17. The SMILES string of the molecule is COc1ccccc1CN=C(NCCSC)NCC(=O)N(C)C. The van der Waals surface area contributed by atoms with E-state index in [4.69, 9.17) is 4.74 Å². The number of benzene rings is 1. The molecule has 0 aromatic heterocycles. The van der Waals surface area contributed by atoms with E-state index in [0.29, 0.717) is 12.5 Å². The van der Waals surface area contributed by atoms with Gasteiger partial charge in [0.15, 0.2) is 5.96 Å². The molecule has 0 aliphatic rings. The largest absolute Gasteiger partial charge is 0.496 e. The Morgan fingerprint density at radius 2 is 2.04 bits per heavy atom. The van der Waals surface area contributed by atoms with E-state index in [1.165, 1.54) is 0 Å². The van der Waals surface area contributed by atoms with Crippen LogP contribution in [-0.2, 0) is 11.3 Å². The summed E-state index contributed by atoms with van der Waals surface area (Å²) in [7, 11) is 5.11. The molecule has 1 aromatic carbocycles. The quantitative estimate of drug-likeness (QED) is 0.423. The smallest absolute Gasteiger partial charge is 0.241 e. The minimum atomic E-state index is 0.00154. The van der Waals surface area contributed by atoms with Gasteiger partial charge in [-0.15, -0.1) is 0 Å². The van der Waals surface area contributed by atoms with Crippen molar-refractivity contribution < 1.29 is 9.53 Å². The van der Waals surface area contributed by atoms with Gasteiger partial charge in [-0.05, 0) is 12.3 Å². The maximum absolute atomic E-state index is 11.7. The van der Waals surface area contributed by atoms with Gasteiger partial charge in [0, 0.05) is 32.0 Å². The maximum Gasteiger partial charge on any atom is 0.241 e. The molecule has 0 bridgehead atoms. The van der Waals surface area contributed by atoms with Gasteiger partial charge in [0.2, 0.25) is 5.91 Å². The molecule has 0 unspecified atom stereocenters. The predicted molar refractivity (Wildman–Crippen MR) is 97.2 cm³/mol. The van der Waals surface area contributed by atoms with Crippen molar-refractivity contribution in [2.24, 2.45) is 4.99 Å². The standard InChI is InChI=1S/C16H26N4O2S/c1-20(2)15(21)12-19-16(17-9-10-23-4)18-11-13-7-5-6-8-14(13)22-3/h5-8H,9-12H2,1-4H3,(H2,17,18,19). The van der Waals surface area contributed by atoms with Crippen molar-refractivity contribution in [2.45, 2.75) is 6.54 Å². The zero-order valence-electron chi connectivity index (χ0n) is 14.3. The second-order valence-electron chi connectivity index (χ2n) is 5.04. The molecule has 0 atom stereocenters. The summed E-state index contributed by atoms with van der Waals surface area (Å²) >= 11 is 1.75. The molecule has 1 aromatic rings. The van der Waals surface area contributed by atoms with E-state index in [1.54, 1.807) is 37.9 Å². The molecular formula is C16H26N4O2S. The van der Waals surface area contributed by atoms with Gasteiger partial charge in [-0.25, -0.2) is 4.99 Å². The molecule has 7 heteroatoms. The molecule has 1 amide bonds. The van der Waals surface area contributed by atoms with Crippen molar-refractivity contribution in [3.63, 3.8) is 0 Å². The van der Waals surface area contributed by atoms with Gasteiger partial charge in [0.25, 0.3) is 0 Å². The van der Waals surface area contributed by atoms with E-state index < -0.39 is 0 Å². The number of carbonyl (C=O) groups excluding carboxylic acids is 1. The number of methoxy groups -OCH3 is 1. The fourth-order valence-corrected chi connectivity index (χ4v) is 2.07. The van der Waals surface area contributed by atoms with Crippen LogP contribution in [0, 0.1) is 0 Å². The van der Waals surface area contributed by atoms with Gasteiger partial charge in [-0.3, -0.25) is 4.79 Å². The Balaban J connectivity index is 2.70. The zero-order valence-corrected chi connectivity index (χ0v) is 15.1. The Hall–Kier alpha value is -1.89. The van der Waals surface area contributed by atoms with Crippen LogP contribution in [0.3, 0.4) is 0 Å². The molecule has 128 valence electrons. The number of hydrogen-bond donors (Lipinski definition) is 2. The average molecular weight is 338 g/mol. The third kappa shape index (κ3) is 7.27. The van der Waals surface area contributed by atoms with Crippen molar-refractivity contribution in [2.75, 3.05) is 46.3 Å². The average Bonchev–Trinajstić information content (AvgIpc) is 2.56. The van der Waals surface area contributed by atoms with Gasteiger partial charge in [0.05, 0.1) is 20.2 Å². The summed E-state index contributed by atoms with van der Waals surface area (Å²) in [5.41, 5.74) is 1.000. The Kier molecular flexibility index (Phi) is 8.97. The number of ether oxygens (including phenoxy) is 1. The number of para-hydroxylation sites is 1. The van der Waals surface area contributed by atoms with Gasteiger partial charge in [-0.2, -0.15) is 11.8 Å². The van der Waals surface area contributed by atoms with Crippen LogP contribution in [0.1, 0.15) is 5.56 Å². The van der Waals surface area contributed by atoms with Gasteiger partial charge < -0.3 is 20.3 Å². The molecule has 0 heterocycles. The van der Waals surface area contributed by atoms with Crippen LogP contribution < -0.4 is 15.4 Å². The number of carbonyl (C=O) groups is 1. The molecule has 23 heavy (non-hydrogen) atoms. The molecule has 0 aliphatic heterocycles. The summed E-state index contributed by atoms with van der Waals surface area (Å²) < 4.78 is 5.33. The van der Waals surface area contributed by atoms with Crippen molar-refractivity contribution >= 4 is 23.6 Å². The lowest BCUT2D eigenvalue weighted by Gasteiger charge is -2.15. The minimum absolute atomic E-state index is 0.00154. The first-order valence-corrected chi connectivity index (χ1v) is 8.81. The Labute approximate surface area is 142 Å². The number of nitrogens with one attached hydrogen (secondary N) is 2. The van der Waals surface area contributed by atoms with Crippen molar-refractivity contribution in [1.82, 2.24) is 15.5 Å². The number of rotatable bonds is 8. The summed E-state index contributed by atoms with van der Waals surface area (Å²) in [5.74, 6) is 2.41. The minimum Gasteiger partial charge on any atom is -0.496 e. The monoisotopic (exact) mass is 338 g/mol. The first-order valence-electron chi connectivity index (χ1n) is 7.41. The molecule has 0 saturated heterocycles. The predicted octanol–water partition coefficient (Wildman–Crippen LogP) is 1.18. The van der Waals surface area contributed by atoms with Crippen LogP contribution in [0.2, 0.25) is 0 Å². The van der Waals surface area contributed by atoms with Crippen LogP contribution in [0.25, 0.3) is 0 Å². The van der Waals surface area contributed by atoms with Gasteiger partial charge in [-0.1, -0.05) is 18.2 Å². The summed E-state index contributed by atoms with van der Waals surface area (Å²) in [6, 6.07) is 7.77. The van der Waals surface area contributed by atoms with E-state index in [9.17, 15) is 4.79 Å². The molecule has 0 aliphatic carbocycles. The van der Waals surface area contributed by atoms with Crippen molar-refractivity contribution in [3.05, 3.63) is 29.8 Å². The molecule has 0 radical (unpaired) electrons. The lowest BCUT2D eigenvalue weighted by Crippen LogP contribution is -2.43. The van der Waals surface area contributed by atoms with Crippen LogP contribution in [-0.4, -0.2) is 63.1 Å². The lowest BCUT2D eigenvalue weighted by molar-refractivity contribution is -0.127. The molecule has 1 rings (SSSR count). The Bertz CT molecular complexity index is 521. The number of amides is 1. The zero-order chi connectivity index (χ0) is 17.1. The summed E-state index contributed by atoms with van der Waals surface area (Å²) in [5, 5.41) is 6.29. The summed E-state index contributed by atoms with van der Waals surface area (Å²) in [4.78, 5) is 17.8. The number of nitrogens with zero attached hydrogens (tertiary/aromatic N) is 2. The summed E-state index contributed by atoms with van der Waals surface area (Å²) in [6.45, 7) is 1.48. The normalized spacial score (nSPS) is 11.0. The number of hydrogen-bond acceptors (Lipinski definition) is 4. The fourth-order valence-electron chi connectivity index (χ4n) is 1.76. The van der Waals surface area contributed by atoms with E-state index in [0.717, 1.165) is 23.6 Å². The van der Waals surface area contributed by atoms with Gasteiger partial charge in [0.1, 0.15) is 5.75 Å². The number of thioether (sulfide) groups is 1. The third-order valence-electron chi connectivity index (χ3n) is 3.10. The second kappa shape index (κ2) is 10.8. The van der Waals surface area contributed by atoms with E-state index in [1.807, 2.05) is 24.3 Å². The van der Waals surface area contributed by atoms with Crippen molar-refractivity contribution in [1.29, 1.82) is 0 Å². The topological polar surface area (TPSA) is 66.0 Å². The first-order chi connectivity index (χ1) is 11.1. The fraction of sp³-hybridized carbons (Fsp3) is 0.500. The third-order valence-corrected chi connectivity index (χ3v) is 3.72. The molecule has 0 spiro atoms. The Morgan fingerprint density at radius 1 is 1.30 bits per heavy atom. The van der Waals surface area contributed by atoms with Crippen LogP contribution in [0.5, 0.6) is 5.75 Å². The first kappa shape index (κ1) is 19.2. The number of guanidine groups is 1. The molecule has 6 nitrogen and oxygen atoms in total. The highest BCUT2D eigenvalue weighted by molar-refractivity contribution is 7.98.